The van der Waals surface area contributed by atoms with Crippen LogP contribution in [0.3, 0.4) is 0 Å². The second-order valence-corrected chi connectivity index (χ2v) is 6.95. The highest BCUT2D eigenvalue weighted by Crippen LogP contribution is 2.32. The first-order valence-electron chi connectivity index (χ1n) is 9.60. The molecule has 1 atom stereocenters. The largest absolute Gasteiger partial charge is 0.494 e. The number of hydrogen-bond donors (Lipinski definition) is 2. The molecule has 1 aliphatic heterocycles. The van der Waals surface area contributed by atoms with Gasteiger partial charge in [0.2, 0.25) is 0 Å². The Labute approximate surface area is 162 Å². The summed E-state index contributed by atoms with van der Waals surface area (Å²) in [6.45, 7) is 4.31. The summed E-state index contributed by atoms with van der Waals surface area (Å²) in [6, 6.07) is 10.3. The smallest absolute Gasteiger partial charge is 0.129 e. The SMILES string of the molecule is CCOc1ccc2nc(CN3CCc4[nH]cnc4C3c3ncc[nH]3)ccc2c1. The van der Waals surface area contributed by atoms with Crippen molar-refractivity contribution < 1.29 is 4.74 Å². The van der Waals surface area contributed by atoms with E-state index in [4.69, 9.17) is 9.72 Å². The van der Waals surface area contributed by atoms with Gasteiger partial charge in [0, 0.05) is 43.0 Å². The van der Waals surface area contributed by atoms with E-state index >= 15 is 0 Å². The van der Waals surface area contributed by atoms with E-state index < -0.39 is 0 Å². The fourth-order valence-electron chi connectivity index (χ4n) is 3.92. The van der Waals surface area contributed by atoms with Gasteiger partial charge in [-0.1, -0.05) is 6.07 Å². The highest BCUT2D eigenvalue weighted by molar-refractivity contribution is 5.80. The molecular formula is C21H22N6O. The van der Waals surface area contributed by atoms with Crippen molar-refractivity contribution in [3.63, 3.8) is 0 Å². The van der Waals surface area contributed by atoms with Gasteiger partial charge in [-0.2, -0.15) is 0 Å². The third kappa shape index (κ3) is 3.03. The predicted octanol–water partition coefficient (Wildman–Crippen LogP) is 3.23. The normalized spacial score (nSPS) is 17.0. The molecule has 2 N–H and O–H groups in total. The number of aromatic nitrogens is 5. The van der Waals surface area contributed by atoms with Crippen LogP contribution < -0.4 is 4.74 Å². The molecule has 3 aromatic heterocycles. The molecule has 0 amide bonds. The highest BCUT2D eigenvalue weighted by atomic mass is 16.5. The molecule has 0 radical (unpaired) electrons. The van der Waals surface area contributed by atoms with Crippen LogP contribution in [0.25, 0.3) is 10.9 Å². The standard InChI is InChI=1S/C21H22N6O/c1-2-28-16-5-6-17-14(11-16)3-4-15(26-17)12-27-10-7-18-19(25-13-24-18)20(27)21-22-8-9-23-21/h3-6,8-9,11,13,20H,2,7,10,12H2,1H3,(H,22,23)(H,24,25). The van der Waals surface area contributed by atoms with Crippen molar-refractivity contribution >= 4 is 10.9 Å². The number of aromatic amines is 2. The first-order chi connectivity index (χ1) is 13.8. The summed E-state index contributed by atoms with van der Waals surface area (Å²) in [5.41, 5.74) is 4.25. The van der Waals surface area contributed by atoms with E-state index in [1.807, 2.05) is 31.3 Å². The van der Waals surface area contributed by atoms with Crippen LogP contribution in [0.1, 0.15) is 35.9 Å². The number of ether oxygens (including phenoxy) is 1. The summed E-state index contributed by atoms with van der Waals surface area (Å²) >= 11 is 0. The van der Waals surface area contributed by atoms with E-state index in [-0.39, 0.29) is 6.04 Å². The Hall–Kier alpha value is -3.19. The Morgan fingerprint density at radius 2 is 2.14 bits per heavy atom. The van der Waals surface area contributed by atoms with Crippen LogP contribution in [0.2, 0.25) is 0 Å². The first kappa shape index (κ1) is 16.9. The van der Waals surface area contributed by atoms with Crippen LogP contribution in [0.15, 0.2) is 49.1 Å². The van der Waals surface area contributed by atoms with Crippen LogP contribution in [0, 0.1) is 0 Å². The topological polar surface area (TPSA) is 82.7 Å². The van der Waals surface area contributed by atoms with Crippen LogP contribution in [0.4, 0.5) is 0 Å². The average Bonchev–Trinajstić information content (AvgIpc) is 3.40. The summed E-state index contributed by atoms with van der Waals surface area (Å²) < 4.78 is 5.59. The van der Waals surface area contributed by atoms with Gasteiger partial charge in [0.05, 0.1) is 29.8 Å². The van der Waals surface area contributed by atoms with Gasteiger partial charge in [0.15, 0.2) is 0 Å². The lowest BCUT2D eigenvalue weighted by Crippen LogP contribution is -2.36. The summed E-state index contributed by atoms with van der Waals surface area (Å²) in [5, 5.41) is 1.09. The summed E-state index contributed by atoms with van der Waals surface area (Å²) in [7, 11) is 0. The fourth-order valence-corrected chi connectivity index (χ4v) is 3.92. The minimum atomic E-state index is 0.00262. The van der Waals surface area contributed by atoms with Gasteiger partial charge in [0.25, 0.3) is 0 Å². The monoisotopic (exact) mass is 374 g/mol. The molecule has 1 aromatic carbocycles. The van der Waals surface area contributed by atoms with Crippen molar-refractivity contribution in [2.24, 2.45) is 0 Å². The molecule has 0 saturated heterocycles. The van der Waals surface area contributed by atoms with Crippen molar-refractivity contribution in [2.75, 3.05) is 13.2 Å². The van der Waals surface area contributed by atoms with Gasteiger partial charge in [-0.15, -0.1) is 0 Å². The third-order valence-corrected chi connectivity index (χ3v) is 5.20. The molecule has 1 unspecified atom stereocenters. The van der Waals surface area contributed by atoms with Gasteiger partial charge >= 0.3 is 0 Å². The van der Waals surface area contributed by atoms with Gasteiger partial charge in [-0.05, 0) is 31.2 Å². The molecule has 7 heteroatoms. The second-order valence-electron chi connectivity index (χ2n) is 6.95. The molecule has 0 spiro atoms. The molecule has 142 valence electrons. The number of benzene rings is 1. The molecule has 7 nitrogen and oxygen atoms in total. The number of nitrogens with zero attached hydrogens (tertiary/aromatic N) is 4. The van der Waals surface area contributed by atoms with E-state index in [2.05, 4.69) is 37.0 Å². The number of hydrogen-bond acceptors (Lipinski definition) is 5. The van der Waals surface area contributed by atoms with Crippen molar-refractivity contribution in [1.82, 2.24) is 29.8 Å². The number of pyridine rings is 1. The van der Waals surface area contributed by atoms with Crippen molar-refractivity contribution in [3.05, 3.63) is 72.0 Å². The fraction of sp³-hybridized carbons (Fsp3) is 0.286. The molecule has 0 aliphatic carbocycles. The zero-order chi connectivity index (χ0) is 18.9. The lowest BCUT2D eigenvalue weighted by molar-refractivity contribution is 0.192. The Morgan fingerprint density at radius 1 is 1.18 bits per heavy atom. The maximum atomic E-state index is 5.59. The summed E-state index contributed by atoms with van der Waals surface area (Å²) in [4.78, 5) is 22.9. The summed E-state index contributed by atoms with van der Waals surface area (Å²) in [6.07, 6.45) is 6.36. The van der Waals surface area contributed by atoms with E-state index in [1.54, 1.807) is 12.5 Å². The average molecular weight is 374 g/mol. The minimum absolute atomic E-state index is 0.00262. The Kier molecular flexibility index (Phi) is 4.29. The van der Waals surface area contributed by atoms with Crippen LogP contribution in [-0.4, -0.2) is 43.0 Å². The molecular weight excluding hydrogens is 352 g/mol. The Balaban J connectivity index is 1.45. The molecule has 28 heavy (non-hydrogen) atoms. The third-order valence-electron chi connectivity index (χ3n) is 5.20. The number of imidazole rings is 2. The molecule has 4 aromatic rings. The maximum absolute atomic E-state index is 5.59. The Bertz CT molecular complexity index is 1090. The molecule has 5 rings (SSSR count). The summed E-state index contributed by atoms with van der Waals surface area (Å²) in [5.74, 6) is 1.79. The van der Waals surface area contributed by atoms with Gasteiger partial charge in [-0.3, -0.25) is 9.88 Å². The van der Waals surface area contributed by atoms with Crippen LogP contribution in [0.5, 0.6) is 5.75 Å². The maximum Gasteiger partial charge on any atom is 0.129 e. The molecule has 0 bridgehead atoms. The molecule has 0 saturated carbocycles. The minimum Gasteiger partial charge on any atom is -0.494 e. The quantitative estimate of drug-likeness (QED) is 0.560. The number of H-pyrrole nitrogens is 2. The van der Waals surface area contributed by atoms with Crippen LogP contribution >= 0.6 is 0 Å². The van der Waals surface area contributed by atoms with Crippen molar-refractivity contribution in [3.8, 4) is 5.75 Å². The van der Waals surface area contributed by atoms with Gasteiger partial charge in [0.1, 0.15) is 17.6 Å². The first-order valence-corrected chi connectivity index (χ1v) is 9.60. The number of rotatable bonds is 5. The van der Waals surface area contributed by atoms with Crippen LogP contribution in [-0.2, 0) is 13.0 Å². The molecule has 4 heterocycles. The van der Waals surface area contributed by atoms with E-state index in [1.165, 1.54) is 5.69 Å². The second kappa shape index (κ2) is 7.09. The number of fused-ring (bicyclic) bond motifs is 2. The number of nitrogens with one attached hydrogen (secondary N) is 2. The van der Waals surface area contributed by atoms with Gasteiger partial charge in [-0.25, -0.2) is 9.97 Å². The van der Waals surface area contributed by atoms with E-state index in [0.29, 0.717) is 6.61 Å². The van der Waals surface area contributed by atoms with Crippen molar-refractivity contribution in [1.29, 1.82) is 0 Å². The van der Waals surface area contributed by atoms with E-state index in [9.17, 15) is 0 Å². The van der Waals surface area contributed by atoms with E-state index in [0.717, 1.165) is 53.4 Å². The zero-order valence-electron chi connectivity index (χ0n) is 15.7. The Morgan fingerprint density at radius 3 is 3.00 bits per heavy atom. The molecule has 0 fully saturated rings. The molecule has 1 aliphatic rings. The lowest BCUT2D eigenvalue weighted by atomic mass is 10.0. The van der Waals surface area contributed by atoms with Gasteiger partial charge < -0.3 is 14.7 Å². The predicted molar refractivity (Wildman–Crippen MR) is 106 cm³/mol. The zero-order valence-corrected chi connectivity index (χ0v) is 15.7. The van der Waals surface area contributed by atoms with Crippen molar-refractivity contribution in [2.45, 2.75) is 25.9 Å². The lowest BCUT2D eigenvalue weighted by Gasteiger charge is -2.33. The highest BCUT2D eigenvalue weighted by Gasteiger charge is 2.32.